The predicted molar refractivity (Wildman–Crippen MR) is 119 cm³/mol. The van der Waals surface area contributed by atoms with Crippen LogP contribution < -0.4 is 15.5 Å². The van der Waals surface area contributed by atoms with Crippen LogP contribution in [0.3, 0.4) is 0 Å². The number of ether oxygens (including phenoxy) is 1. The van der Waals surface area contributed by atoms with Crippen LogP contribution in [0.15, 0.2) is 23.3 Å². The summed E-state index contributed by atoms with van der Waals surface area (Å²) in [6, 6.07) is 5.59. The summed E-state index contributed by atoms with van der Waals surface area (Å²) in [5.74, 6) is 1.16. The normalized spacial score (nSPS) is 18.8. The summed E-state index contributed by atoms with van der Waals surface area (Å²) in [6.45, 7) is 3.42. The van der Waals surface area contributed by atoms with Crippen LogP contribution >= 0.6 is 0 Å². The number of nitrogens with zero attached hydrogens (tertiary/aromatic N) is 2. The number of piperidine rings is 1. The average Bonchev–Trinajstić information content (AvgIpc) is 2.78. The Hall–Kier alpha value is -2.90. The number of hydrazone groups is 1. The van der Waals surface area contributed by atoms with Crippen LogP contribution in [0.4, 0.5) is 5.69 Å². The first-order chi connectivity index (χ1) is 14.9. The van der Waals surface area contributed by atoms with E-state index in [0.717, 1.165) is 48.5 Å². The van der Waals surface area contributed by atoms with Crippen molar-refractivity contribution in [3.63, 3.8) is 0 Å². The van der Waals surface area contributed by atoms with E-state index in [-0.39, 0.29) is 17.7 Å². The molecular weight excluding hydrogens is 396 g/mol. The van der Waals surface area contributed by atoms with Crippen molar-refractivity contribution in [3.8, 4) is 5.75 Å². The summed E-state index contributed by atoms with van der Waals surface area (Å²) in [6.07, 6.45) is 5.28. The van der Waals surface area contributed by atoms with E-state index in [0.29, 0.717) is 44.6 Å². The fraction of sp³-hybridized carbons (Fsp3) is 0.565. The van der Waals surface area contributed by atoms with E-state index < -0.39 is 0 Å². The van der Waals surface area contributed by atoms with Crippen molar-refractivity contribution in [1.82, 2.24) is 10.3 Å². The molecule has 2 heterocycles. The van der Waals surface area contributed by atoms with Crippen LogP contribution in [0.1, 0.15) is 56.9 Å². The molecule has 0 spiro atoms. The number of carbonyl (C=O) groups excluding carboxylic acids is 3. The Labute approximate surface area is 183 Å². The van der Waals surface area contributed by atoms with E-state index in [4.69, 9.17) is 4.74 Å². The number of nitrogens with one attached hydrogen (secondary N) is 2. The fourth-order valence-electron chi connectivity index (χ4n) is 4.08. The lowest BCUT2D eigenvalue weighted by Gasteiger charge is -2.33. The third kappa shape index (κ3) is 6.80. The highest BCUT2D eigenvalue weighted by Gasteiger charge is 2.24. The number of likely N-dealkylation sites (tertiary alicyclic amines) is 1. The van der Waals surface area contributed by atoms with Crippen molar-refractivity contribution in [1.29, 1.82) is 0 Å². The monoisotopic (exact) mass is 428 g/mol. The third-order valence-corrected chi connectivity index (χ3v) is 5.97. The van der Waals surface area contributed by atoms with Gasteiger partial charge in [0.1, 0.15) is 5.75 Å². The number of aryl methyl sites for hydroxylation is 1. The Kier molecular flexibility index (Phi) is 8.03. The van der Waals surface area contributed by atoms with Gasteiger partial charge in [-0.05, 0) is 68.7 Å². The lowest BCUT2D eigenvalue weighted by atomic mass is 9.93. The topological polar surface area (TPSA) is 100 Å². The van der Waals surface area contributed by atoms with Gasteiger partial charge in [-0.3, -0.25) is 14.4 Å². The van der Waals surface area contributed by atoms with E-state index in [1.165, 1.54) is 0 Å². The van der Waals surface area contributed by atoms with Gasteiger partial charge in [0.25, 0.3) is 0 Å². The molecule has 2 aliphatic rings. The van der Waals surface area contributed by atoms with Gasteiger partial charge in [-0.15, -0.1) is 0 Å². The minimum Gasteiger partial charge on any atom is -0.497 e. The summed E-state index contributed by atoms with van der Waals surface area (Å²) >= 11 is 0. The van der Waals surface area contributed by atoms with Gasteiger partial charge >= 0.3 is 0 Å². The predicted octanol–water partition coefficient (Wildman–Crippen LogP) is 3.01. The van der Waals surface area contributed by atoms with Crippen molar-refractivity contribution < 1.29 is 19.1 Å². The fourth-order valence-corrected chi connectivity index (χ4v) is 4.08. The Morgan fingerprint density at radius 3 is 2.84 bits per heavy atom. The number of rotatable bonds is 8. The molecule has 1 fully saturated rings. The number of benzene rings is 1. The van der Waals surface area contributed by atoms with E-state index in [1.807, 2.05) is 30.0 Å². The summed E-state index contributed by atoms with van der Waals surface area (Å²) in [4.78, 5) is 38.1. The summed E-state index contributed by atoms with van der Waals surface area (Å²) in [5.41, 5.74) is 5.12. The second-order valence-corrected chi connectivity index (χ2v) is 8.33. The number of hydrogen-bond donors (Lipinski definition) is 2. The molecule has 1 aromatic carbocycles. The van der Waals surface area contributed by atoms with E-state index in [2.05, 4.69) is 15.8 Å². The molecule has 8 heteroatoms. The summed E-state index contributed by atoms with van der Waals surface area (Å²) in [7, 11) is 1.62. The number of carbonyl (C=O) groups is 3. The number of amides is 3. The van der Waals surface area contributed by atoms with Crippen LogP contribution in [0.25, 0.3) is 0 Å². The van der Waals surface area contributed by atoms with Crippen molar-refractivity contribution in [3.05, 3.63) is 23.8 Å². The molecule has 168 valence electrons. The molecule has 1 aromatic rings. The van der Waals surface area contributed by atoms with Gasteiger partial charge < -0.3 is 15.0 Å². The average molecular weight is 429 g/mol. The first-order valence-corrected chi connectivity index (χ1v) is 11.0. The van der Waals surface area contributed by atoms with Gasteiger partial charge in [0, 0.05) is 43.8 Å². The molecule has 8 nitrogen and oxygen atoms in total. The zero-order valence-corrected chi connectivity index (χ0v) is 18.4. The van der Waals surface area contributed by atoms with Gasteiger partial charge in [-0.25, -0.2) is 5.43 Å². The molecule has 0 saturated carbocycles. The molecule has 1 saturated heterocycles. The molecular formula is C23H32N4O4. The van der Waals surface area contributed by atoms with Gasteiger partial charge in [0.05, 0.1) is 7.11 Å². The standard InChI is InChI=1S/C23H32N4O4/c1-16-14-19(31-2)8-9-20(16)24-21(28)10-5-17-4-3-13-27(15-17)23(30)12-7-18-6-11-22(29)26-25-18/h8-9,14,17H,3-7,10-13,15H2,1-2H3,(H,24,28)(H,26,29). The zero-order valence-electron chi connectivity index (χ0n) is 18.4. The SMILES string of the molecule is COc1ccc(NC(=O)CCC2CCCN(C(=O)CCC3=NNC(=O)CC3)C2)c(C)c1. The largest absolute Gasteiger partial charge is 0.497 e. The van der Waals surface area contributed by atoms with Crippen molar-refractivity contribution in [2.45, 2.75) is 58.3 Å². The maximum Gasteiger partial charge on any atom is 0.240 e. The van der Waals surface area contributed by atoms with Crippen molar-refractivity contribution >= 4 is 29.1 Å². The Balaban J connectivity index is 1.41. The summed E-state index contributed by atoms with van der Waals surface area (Å²) < 4.78 is 5.20. The molecule has 0 radical (unpaired) electrons. The highest BCUT2D eigenvalue weighted by atomic mass is 16.5. The van der Waals surface area contributed by atoms with Gasteiger partial charge in [-0.2, -0.15) is 5.10 Å². The lowest BCUT2D eigenvalue weighted by Crippen LogP contribution is -2.40. The highest BCUT2D eigenvalue weighted by Crippen LogP contribution is 2.24. The van der Waals surface area contributed by atoms with Crippen LogP contribution in [-0.4, -0.2) is 48.5 Å². The first kappa shape index (κ1) is 22.8. The van der Waals surface area contributed by atoms with Crippen LogP contribution in [-0.2, 0) is 14.4 Å². The van der Waals surface area contributed by atoms with Crippen LogP contribution in [0.5, 0.6) is 5.75 Å². The van der Waals surface area contributed by atoms with Crippen LogP contribution in [0.2, 0.25) is 0 Å². The molecule has 1 unspecified atom stereocenters. The van der Waals surface area contributed by atoms with Gasteiger partial charge in [-0.1, -0.05) is 0 Å². The molecule has 1 atom stereocenters. The Bertz CT molecular complexity index is 852. The third-order valence-electron chi connectivity index (χ3n) is 5.97. The number of hydrogen-bond acceptors (Lipinski definition) is 5. The molecule has 0 bridgehead atoms. The van der Waals surface area contributed by atoms with Crippen LogP contribution in [0, 0.1) is 12.8 Å². The Morgan fingerprint density at radius 2 is 2.13 bits per heavy atom. The second-order valence-electron chi connectivity index (χ2n) is 8.33. The zero-order chi connectivity index (χ0) is 22.2. The number of anilines is 1. The van der Waals surface area contributed by atoms with E-state index >= 15 is 0 Å². The van der Waals surface area contributed by atoms with Gasteiger partial charge in [0.15, 0.2) is 0 Å². The second kappa shape index (κ2) is 10.9. The molecule has 2 aliphatic heterocycles. The Morgan fingerprint density at radius 1 is 1.29 bits per heavy atom. The molecule has 0 aromatic heterocycles. The lowest BCUT2D eigenvalue weighted by molar-refractivity contribution is -0.132. The number of methoxy groups -OCH3 is 1. The maximum absolute atomic E-state index is 12.6. The quantitative estimate of drug-likeness (QED) is 0.665. The van der Waals surface area contributed by atoms with Crippen molar-refractivity contribution in [2.24, 2.45) is 11.0 Å². The van der Waals surface area contributed by atoms with E-state index in [1.54, 1.807) is 7.11 Å². The molecule has 2 N–H and O–H groups in total. The smallest absolute Gasteiger partial charge is 0.240 e. The first-order valence-electron chi connectivity index (χ1n) is 11.0. The van der Waals surface area contributed by atoms with E-state index in [9.17, 15) is 14.4 Å². The molecule has 3 amide bonds. The minimum absolute atomic E-state index is 0.00549. The maximum atomic E-state index is 12.6. The van der Waals surface area contributed by atoms with Gasteiger partial charge in [0.2, 0.25) is 17.7 Å². The highest BCUT2D eigenvalue weighted by molar-refractivity contribution is 5.94. The van der Waals surface area contributed by atoms with Crippen molar-refractivity contribution in [2.75, 3.05) is 25.5 Å². The molecule has 31 heavy (non-hydrogen) atoms. The molecule has 0 aliphatic carbocycles. The minimum atomic E-state index is -0.0693. The molecule has 3 rings (SSSR count). The summed E-state index contributed by atoms with van der Waals surface area (Å²) in [5, 5.41) is 7.01.